The van der Waals surface area contributed by atoms with Gasteiger partial charge in [-0.25, -0.2) is 4.79 Å². The number of anilines is 3. The fourth-order valence-corrected chi connectivity index (χ4v) is 2.90. The van der Waals surface area contributed by atoms with Crippen LogP contribution < -0.4 is 15.8 Å². The molecule has 32 heavy (non-hydrogen) atoms. The number of esters is 1. The van der Waals surface area contributed by atoms with Crippen molar-refractivity contribution in [2.75, 3.05) is 11.1 Å². The van der Waals surface area contributed by atoms with Gasteiger partial charge in [-0.15, -0.1) is 0 Å². The van der Waals surface area contributed by atoms with Gasteiger partial charge in [0.25, 0.3) is 0 Å². The van der Waals surface area contributed by atoms with E-state index in [-0.39, 0.29) is 30.1 Å². The zero-order valence-corrected chi connectivity index (χ0v) is 18.2. The molecule has 0 saturated carbocycles. The summed E-state index contributed by atoms with van der Waals surface area (Å²) in [6, 6.07) is 14.3. The van der Waals surface area contributed by atoms with Gasteiger partial charge >= 0.3 is 5.97 Å². The van der Waals surface area contributed by atoms with Crippen LogP contribution in [-0.2, 0) is 22.6 Å². The second kappa shape index (κ2) is 10.3. The molecular formula is C23H25N5O4. The van der Waals surface area contributed by atoms with Crippen LogP contribution in [0.3, 0.4) is 0 Å². The lowest BCUT2D eigenvalue weighted by molar-refractivity contribution is -0.152. The Morgan fingerprint density at radius 2 is 1.78 bits per heavy atom. The Kier molecular flexibility index (Phi) is 7.33. The first-order valence-electron chi connectivity index (χ1n) is 10.2. The first-order chi connectivity index (χ1) is 15.4. The van der Waals surface area contributed by atoms with E-state index in [9.17, 15) is 9.59 Å². The Hall–Kier alpha value is -4.01. The predicted molar refractivity (Wildman–Crippen MR) is 120 cm³/mol. The third-order valence-corrected chi connectivity index (χ3v) is 4.59. The second-order valence-corrected chi connectivity index (χ2v) is 7.02. The minimum Gasteiger partial charge on any atom is -0.479 e. The third-order valence-electron chi connectivity index (χ3n) is 4.59. The largest absolute Gasteiger partial charge is 0.479 e. The molecule has 0 spiro atoms. The van der Waals surface area contributed by atoms with Gasteiger partial charge in [0, 0.05) is 11.3 Å². The van der Waals surface area contributed by atoms with Crippen molar-refractivity contribution in [1.29, 1.82) is 0 Å². The molecule has 0 aliphatic heterocycles. The highest BCUT2D eigenvalue weighted by Gasteiger charge is 2.18. The van der Waals surface area contributed by atoms with Crippen molar-refractivity contribution in [1.82, 2.24) is 15.0 Å². The van der Waals surface area contributed by atoms with Crippen molar-refractivity contribution < 1.29 is 19.1 Å². The number of ether oxygens (including phenoxy) is 2. The number of carbonyl (C=O) groups excluding carboxylic acids is 2. The molecule has 0 aliphatic rings. The van der Waals surface area contributed by atoms with Gasteiger partial charge in [-0.05, 0) is 56.2 Å². The van der Waals surface area contributed by atoms with Crippen LogP contribution in [0.2, 0.25) is 0 Å². The lowest BCUT2D eigenvalue weighted by Gasteiger charge is -2.14. The van der Waals surface area contributed by atoms with Crippen LogP contribution in [-0.4, -0.2) is 32.8 Å². The van der Waals surface area contributed by atoms with Gasteiger partial charge in [-0.3, -0.25) is 4.79 Å². The van der Waals surface area contributed by atoms with Crippen LogP contribution in [0.25, 0.3) is 0 Å². The summed E-state index contributed by atoms with van der Waals surface area (Å²) in [5.41, 5.74) is 8.32. The van der Waals surface area contributed by atoms with Crippen LogP contribution in [0.5, 0.6) is 5.75 Å². The molecule has 0 fully saturated rings. The first kappa shape index (κ1) is 22.7. The molecule has 0 aliphatic carbocycles. The van der Waals surface area contributed by atoms with E-state index in [1.54, 1.807) is 31.2 Å². The number of rotatable bonds is 9. The maximum atomic E-state index is 12.3. The lowest BCUT2D eigenvalue weighted by Crippen LogP contribution is -2.26. The number of nitrogen functional groups attached to an aromatic ring is 1. The van der Waals surface area contributed by atoms with E-state index in [0.29, 0.717) is 11.3 Å². The minimum absolute atomic E-state index is 0.0115. The number of hydrogen-bond donors (Lipinski definition) is 2. The summed E-state index contributed by atoms with van der Waals surface area (Å²) >= 11 is 0. The van der Waals surface area contributed by atoms with Gasteiger partial charge in [0.05, 0.1) is 0 Å². The number of carbonyl (C=O) groups is 2. The van der Waals surface area contributed by atoms with Crippen molar-refractivity contribution in [3.8, 4) is 5.75 Å². The standard InChI is InChI=1S/C23H25N5O4/c1-4-16-7-5-6-8-19(16)25-23-27-20(26-22(24)28-23)13-31-21(30)15(3)32-18-11-9-17(10-12-18)14(2)29/h5-12,15H,4,13H2,1-3H3,(H3,24,25,26,27,28)/t15-/m0/s1. The number of nitrogens with zero attached hydrogens (tertiary/aromatic N) is 3. The molecule has 0 saturated heterocycles. The molecule has 0 bridgehead atoms. The fraction of sp³-hybridized carbons (Fsp3) is 0.261. The Morgan fingerprint density at radius 1 is 1.06 bits per heavy atom. The van der Waals surface area contributed by atoms with E-state index >= 15 is 0 Å². The molecule has 3 N–H and O–H groups in total. The van der Waals surface area contributed by atoms with Gasteiger partial charge in [0.15, 0.2) is 24.3 Å². The molecule has 1 atom stereocenters. The summed E-state index contributed by atoms with van der Waals surface area (Å²) < 4.78 is 10.9. The molecule has 9 heteroatoms. The number of para-hydroxylation sites is 1. The van der Waals surface area contributed by atoms with Gasteiger partial charge in [0.1, 0.15) is 5.75 Å². The molecule has 0 radical (unpaired) electrons. The molecule has 2 aromatic carbocycles. The van der Waals surface area contributed by atoms with E-state index in [4.69, 9.17) is 15.2 Å². The topological polar surface area (TPSA) is 129 Å². The van der Waals surface area contributed by atoms with Crippen LogP contribution in [0.4, 0.5) is 17.6 Å². The number of hydrogen-bond acceptors (Lipinski definition) is 9. The second-order valence-electron chi connectivity index (χ2n) is 7.02. The quantitative estimate of drug-likeness (QED) is 0.383. The average Bonchev–Trinajstić information content (AvgIpc) is 2.77. The SMILES string of the molecule is CCc1ccccc1Nc1nc(N)nc(COC(=O)[C@H](C)Oc2ccc(C(C)=O)cc2)n1. The van der Waals surface area contributed by atoms with Crippen molar-refractivity contribution in [3.05, 3.63) is 65.5 Å². The molecule has 3 aromatic rings. The smallest absolute Gasteiger partial charge is 0.347 e. The van der Waals surface area contributed by atoms with Crippen LogP contribution in [0.15, 0.2) is 48.5 Å². The first-order valence-corrected chi connectivity index (χ1v) is 10.2. The summed E-state index contributed by atoms with van der Waals surface area (Å²) in [4.78, 5) is 36.1. The third kappa shape index (κ3) is 6.00. The van der Waals surface area contributed by atoms with Crippen molar-refractivity contribution in [2.45, 2.75) is 39.9 Å². The number of nitrogens with one attached hydrogen (secondary N) is 1. The zero-order chi connectivity index (χ0) is 23.1. The minimum atomic E-state index is -0.869. The Bertz CT molecular complexity index is 1100. The van der Waals surface area contributed by atoms with Crippen molar-refractivity contribution in [3.63, 3.8) is 0 Å². The molecule has 3 rings (SSSR count). The predicted octanol–water partition coefficient (Wildman–Crippen LogP) is 3.47. The summed E-state index contributed by atoms with van der Waals surface area (Å²) in [6.07, 6.45) is -0.0322. The number of benzene rings is 2. The number of aromatic nitrogens is 3. The van der Waals surface area contributed by atoms with E-state index in [1.165, 1.54) is 6.92 Å². The zero-order valence-electron chi connectivity index (χ0n) is 18.2. The maximum absolute atomic E-state index is 12.3. The lowest BCUT2D eigenvalue weighted by atomic mass is 10.1. The van der Waals surface area contributed by atoms with Gasteiger partial charge in [0.2, 0.25) is 11.9 Å². The number of ketones is 1. The van der Waals surface area contributed by atoms with E-state index < -0.39 is 12.1 Å². The molecule has 1 aromatic heterocycles. The summed E-state index contributed by atoms with van der Waals surface area (Å²) in [7, 11) is 0. The molecule has 0 unspecified atom stereocenters. The summed E-state index contributed by atoms with van der Waals surface area (Å²) in [6.45, 7) is 4.91. The highest BCUT2D eigenvalue weighted by atomic mass is 16.6. The van der Waals surface area contributed by atoms with Crippen LogP contribution in [0, 0.1) is 0 Å². The fourth-order valence-electron chi connectivity index (χ4n) is 2.90. The van der Waals surface area contributed by atoms with E-state index in [0.717, 1.165) is 17.7 Å². The normalized spacial score (nSPS) is 11.5. The van der Waals surface area contributed by atoms with E-state index in [1.807, 2.05) is 31.2 Å². The molecule has 1 heterocycles. The highest BCUT2D eigenvalue weighted by molar-refractivity contribution is 5.94. The van der Waals surface area contributed by atoms with Crippen molar-refractivity contribution in [2.24, 2.45) is 0 Å². The van der Waals surface area contributed by atoms with Gasteiger partial charge < -0.3 is 20.5 Å². The molecule has 0 amide bonds. The van der Waals surface area contributed by atoms with Crippen molar-refractivity contribution >= 4 is 29.3 Å². The molecule has 9 nitrogen and oxygen atoms in total. The van der Waals surface area contributed by atoms with E-state index in [2.05, 4.69) is 20.3 Å². The average molecular weight is 435 g/mol. The Labute approximate surface area is 186 Å². The molecule has 166 valence electrons. The number of nitrogens with two attached hydrogens (primary N) is 1. The number of aryl methyl sites for hydroxylation is 1. The monoisotopic (exact) mass is 435 g/mol. The molecular weight excluding hydrogens is 410 g/mol. The Balaban J connectivity index is 1.60. The Morgan fingerprint density at radius 3 is 2.47 bits per heavy atom. The van der Waals surface area contributed by atoms with Crippen LogP contribution in [0.1, 0.15) is 42.5 Å². The van der Waals surface area contributed by atoms with Gasteiger partial charge in [-0.1, -0.05) is 25.1 Å². The summed E-state index contributed by atoms with van der Waals surface area (Å²) in [5, 5.41) is 3.13. The maximum Gasteiger partial charge on any atom is 0.347 e. The van der Waals surface area contributed by atoms with Crippen LogP contribution >= 0.6 is 0 Å². The number of Topliss-reactive ketones (excluding diaryl/α,β-unsaturated/α-hetero) is 1. The van der Waals surface area contributed by atoms with Gasteiger partial charge in [-0.2, -0.15) is 15.0 Å². The highest BCUT2D eigenvalue weighted by Crippen LogP contribution is 2.20. The summed E-state index contributed by atoms with van der Waals surface area (Å²) in [5.74, 6) is 0.292.